The minimum atomic E-state index is -0.837. The standard InChI is InChI=1S/C14H10F2OS/c1-18-13-5-3-2-4-11(13)14(17)10-7-6-9(15)8-12(10)16/h2-8H,1H3. The van der Waals surface area contributed by atoms with Crippen molar-refractivity contribution in [3.05, 3.63) is 65.2 Å². The van der Waals surface area contributed by atoms with Crippen molar-refractivity contribution in [3.63, 3.8) is 0 Å². The van der Waals surface area contributed by atoms with Crippen molar-refractivity contribution in [2.24, 2.45) is 0 Å². The molecule has 1 nitrogen and oxygen atoms in total. The SMILES string of the molecule is CSc1ccccc1C(=O)c1ccc(F)cc1F. The van der Waals surface area contributed by atoms with Gasteiger partial charge in [-0.1, -0.05) is 12.1 Å². The van der Waals surface area contributed by atoms with Gasteiger partial charge in [0.2, 0.25) is 0 Å². The fourth-order valence-electron chi connectivity index (χ4n) is 1.65. The second-order valence-corrected chi connectivity index (χ2v) is 4.50. The zero-order chi connectivity index (χ0) is 13.1. The van der Waals surface area contributed by atoms with Crippen LogP contribution < -0.4 is 0 Å². The molecule has 4 heteroatoms. The fourth-order valence-corrected chi connectivity index (χ4v) is 2.25. The van der Waals surface area contributed by atoms with Crippen LogP contribution in [0.4, 0.5) is 8.78 Å². The van der Waals surface area contributed by atoms with Gasteiger partial charge in [0.15, 0.2) is 5.78 Å². The summed E-state index contributed by atoms with van der Waals surface area (Å²) in [5.74, 6) is -1.96. The van der Waals surface area contributed by atoms with E-state index < -0.39 is 17.4 Å². The highest BCUT2D eigenvalue weighted by Crippen LogP contribution is 2.23. The minimum absolute atomic E-state index is 0.113. The first-order chi connectivity index (χ1) is 8.63. The lowest BCUT2D eigenvalue weighted by atomic mass is 10.0. The molecule has 92 valence electrons. The number of halogens is 2. The third-order valence-electron chi connectivity index (χ3n) is 2.53. The summed E-state index contributed by atoms with van der Waals surface area (Å²) in [5.41, 5.74) is 0.313. The monoisotopic (exact) mass is 264 g/mol. The number of ketones is 1. The van der Waals surface area contributed by atoms with Gasteiger partial charge in [-0.3, -0.25) is 4.79 Å². The van der Waals surface area contributed by atoms with Crippen LogP contribution in [0.3, 0.4) is 0 Å². The summed E-state index contributed by atoms with van der Waals surface area (Å²) in [6.45, 7) is 0. The predicted molar refractivity (Wildman–Crippen MR) is 68.0 cm³/mol. The molecule has 0 aromatic heterocycles. The summed E-state index contributed by atoms with van der Waals surface area (Å²) >= 11 is 1.41. The molecule has 0 radical (unpaired) electrons. The van der Waals surface area contributed by atoms with Gasteiger partial charge in [-0.2, -0.15) is 0 Å². The number of carbonyl (C=O) groups excluding carboxylic acids is 1. The molecular formula is C14H10F2OS. The maximum absolute atomic E-state index is 13.6. The Bertz CT molecular complexity index is 596. The van der Waals surface area contributed by atoms with Gasteiger partial charge in [-0.15, -0.1) is 11.8 Å². The Kier molecular flexibility index (Phi) is 3.77. The molecule has 0 fully saturated rings. The van der Waals surface area contributed by atoms with E-state index in [2.05, 4.69) is 0 Å². The van der Waals surface area contributed by atoms with Gasteiger partial charge in [-0.05, 0) is 30.5 Å². The number of hydrogen-bond donors (Lipinski definition) is 0. The molecule has 0 aliphatic rings. The van der Waals surface area contributed by atoms with Crippen LogP contribution in [-0.2, 0) is 0 Å². The summed E-state index contributed by atoms with van der Waals surface area (Å²) in [4.78, 5) is 13.0. The van der Waals surface area contributed by atoms with Crippen LogP contribution in [0, 0.1) is 11.6 Å². The van der Waals surface area contributed by atoms with E-state index in [0.717, 1.165) is 17.0 Å². The number of hydrogen-bond acceptors (Lipinski definition) is 2. The van der Waals surface area contributed by atoms with Crippen LogP contribution in [0.1, 0.15) is 15.9 Å². The molecule has 0 heterocycles. The number of thioether (sulfide) groups is 1. The molecule has 0 amide bonds. The third kappa shape index (κ3) is 2.43. The van der Waals surface area contributed by atoms with Crippen LogP contribution in [0.25, 0.3) is 0 Å². The summed E-state index contributed by atoms with van der Waals surface area (Å²) in [6.07, 6.45) is 1.84. The summed E-state index contributed by atoms with van der Waals surface area (Å²) < 4.78 is 26.4. The molecule has 0 bridgehead atoms. The Morgan fingerprint density at radius 2 is 1.78 bits per heavy atom. The van der Waals surface area contributed by atoms with E-state index in [4.69, 9.17) is 0 Å². The normalized spacial score (nSPS) is 10.4. The molecule has 2 aromatic carbocycles. The Labute approximate surface area is 108 Å². The first kappa shape index (κ1) is 12.8. The molecule has 0 saturated carbocycles. The molecule has 2 rings (SSSR count). The van der Waals surface area contributed by atoms with E-state index in [9.17, 15) is 13.6 Å². The van der Waals surface area contributed by atoms with Gasteiger partial charge in [0.05, 0.1) is 5.56 Å². The van der Waals surface area contributed by atoms with Gasteiger partial charge in [0.1, 0.15) is 11.6 Å². The van der Waals surface area contributed by atoms with Crippen LogP contribution in [0.2, 0.25) is 0 Å². The van der Waals surface area contributed by atoms with Gasteiger partial charge < -0.3 is 0 Å². The van der Waals surface area contributed by atoms with Crippen molar-refractivity contribution in [1.29, 1.82) is 0 Å². The van der Waals surface area contributed by atoms with Gasteiger partial charge in [0.25, 0.3) is 0 Å². The van der Waals surface area contributed by atoms with Gasteiger partial charge in [-0.25, -0.2) is 8.78 Å². The average Bonchev–Trinajstić information content (AvgIpc) is 2.38. The Morgan fingerprint density at radius 3 is 2.44 bits per heavy atom. The zero-order valence-electron chi connectivity index (χ0n) is 9.61. The first-order valence-corrected chi connectivity index (χ1v) is 6.48. The van der Waals surface area contributed by atoms with Crippen molar-refractivity contribution in [2.75, 3.05) is 6.26 Å². The van der Waals surface area contributed by atoms with Crippen LogP contribution in [0.5, 0.6) is 0 Å². The predicted octanol–water partition coefficient (Wildman–Crippen LogP) is 3.92. The maximum Gasteiger partial charge on any atom is 0.197 e. The lowest BCUT2D eigenvalue weighted by molar-refractivity contribution is 0.103. The smallest absolute Gasteiger partial charge is 0.197 e. The minimum Gasteiger partial charge on any atom is -0.288 e. The molecule has 0 unspecified atom stereocenters. The largest absolute Gasteiger partial charge is 0.288 e. The zero-order valence-corrected chi connectivity index (χ0v) is 10.4. The van der Waals surface area contributed by atoms with Crippen LogP contribution in [-0.4, -0.2) is 12.0 Å². The van der Waals surface area contributed by atoms with Crippen molar-refractivity contribution >= 4 is 17.5 Å². The molecule has 2 aromatic rings. The van der Waals surface area contributed by atoms with E-state index in [1.165, 1.54) is 17.8 Å². The van der Waals surface area contributed by atoms with E-state index in [1.807, 2.05) is 12.3 Å². The molecule has 0 aliphatic heterocycles. The Balaban J connectivity index is 2.48. The summed E-state index contributed by atoms with van der Waals surface area (Å²) in [7, 11) is 0. The van der Waals surface area contributed by atoms with Crippen molar-refractivity contribution in [1.82, 2.24) is 0 Å². The van der Waals surface area contributed by atoms with Crippen LogP contribution >= 0.6 is 11.8 Å². The fraction of sp³-hybridized carbons (Fsp3) is 0.0714. The van der Waals surface area contributed by atoms with E-state index in [-0.39, 0.29) is 5.56 Å². The molecule has 0 spiro atoms. The lowest BCUT2D eigenvalue weighted by Crippen LogP contribution is -2.06. The maximum atomic E-state index is 13.6. The molecular weight excluding hydrogens is 254 g/mol. The number of benzene rings is 2. The Hall–Kier alpha value is -1.68. The molecule has 0 N–H and O–H groups in total. The summed E-state index contributed by atoms with van der Waals surface area (Å²) in [5, 5.41) is 0. The lowest BCUT2D eigenvalue weighted by Gasteiger charge is -2.07. The van der Waals surface area contributed by atoms with Gasteiger partial charge >= 0.3 is 0 Å². The molecule has 0 atom stereocenters. The highest BCUT2D eigenvalue weighted by Gasteiger charge is 2.17. The average molecular weight is 264 g/mol. The third-order valence-corrected chi connectivity index (χ3v) is 3.32. The van der Waals surface area contributed by atoms with E-state index in [1.54, 1.807) is 18.2 Å². The molecule has 18 heavy (non-hydrogen) atoms. The van der Waals surface area contributed by atoms with Crippen molar-refractivity contribution in [2.45, 2.75) is 4.90 Å². The number of rotatable bonds is 3. The molecule has 0 saturated heterocycles. The topological polar surface area (TPSA) is 17.1 Å². The Morgan fingerprint density at radius 1 is 1.06 bits per heavy atom. The van der Waals surface area contributed by atoms with E-state index in [0.29, 0.717) is 5.56 Å². The van der Waals surface area contributed by atoms with Crippen molar-refractivity contribution in [3.8, 4) is 0 Å². The second kappa shape index (κ2) is 5.31. The van der Waals surface area contributed by atoms with Crippen molar-refractivity contribution < 1.29 is 13.6 Å². The quantitative estimate of drug-likeness (QED) is 0.617. The van der Waals surface area contributed by atoms with E-state index >= 15 is 0 Å². The summed E-state index contributed by atoms with van der Waals surface area (Å²) in [6, 6.07) is 9.92. The second-order valence-electron chi connectivity index (χ2n) is 3.65. The van der Waals surface area contributed by atoms with Crippen LogP contribution in [0.15, 0.2) is 47.4 Å². The first-order valence-electron chi connectivity index (χ1n) is 5.26. The van der Waals surface area contributed by atoms with Gasteiger partial charge in [0, 0.05) is 16.5 Å². The highest BCUT2D eigenvalue weighted by atomic mass is 32.2. The number of carbonyl (C=O) groups is 1. The highest BCUT2D eigenvalue weighted by molar-refractivity contribution is 7.98. The molecule has 0 aliphatic carbocycles.